The number of aryl methyl sites for hydroxylation is 1. The van der Waals surface area contributed by atoms with Crippen molar-refractivity contribution in [3.63, 3.8) is 0 Å². The number of nitrogens with one attached hydrogen (secondary N) is 1. The molecule has 3 aromatic heterocycles. The van der Waals surface area contributed by atoms with Crippen LogP contribution in [0.5, 0.6) is 11.5 Å². The molecule has 196 valence electrons. The van der Waals surface area contributed by atoms with Crippen LogP contribution in [0.2, 0.25) is 0 Å². The zero-order chi connectivity index (χ0) is 26.6. The second kappa shape index (κ2) is 10.9. The van der Waals surface area contributed by atoms with E-state index in [4.69, 9.17) is 18.6 Å². The predicted molar refractivity (Wildman–Crippen MR) is 131 cm³/mol. The Labute approximate surface area is 212 Å². The maximum atomic E-state index is 13.5. The molecular formula is C23H25FN6O6S. The topological polar surface area (TPSA) is 143 Å². The predicted octanol–water partition coefficient (Wildman–Crippen LogP) is 2.78. The SMILES string of the molecule is COCC(Cc1ncc(F)cn1)S(=O)(=O)Nc1nnc(-c2ccc(C)o2)n1-c1c(OC)cccc1OC. The van der Waals surface area contributed by atoms with Gasteiger partial charge in [-0.1, -0.05) is 6.07 Å². The highest BCUT2D eigenvalue weighted by molar-refractivity contribution is 7.93. The van der Waals surface area contributed by atoms with E-state index in [0.29, 0.717) is 28.7 Å². The molecule has 1 unspecified atom stereocenters. The molecule has 4 rings (SSSR count). The summed E-state index contributed by atoms with van der Waals surface area (Å²) in [6.45, 7) is 1.58. The minimum absolute atomic E-state index is 0.133. The maximum absolute atomic E-state index is 13.5. The lowest BCUT2D eigenvalue weighted by Gasteiger charge is -2.19. The van der Waals surface area contributed by atoms with Crippen molar-refractivity contribution in [3.05, 3.63) is 60.1 Å². The first-order chi connectivity index (χ1) is 17.8. The third-order valence-electron chi connectivity index (χ3n) is 5.36. The van der Waals surface area contributed by atoms with Gasteiger partial charge in [-0.15, -0.1) is 10.2 Å². The van der Waals surface area contributed by atoms with Crippen LogP contribution in [0.15, 0.2) is 47.1 Å². The number of methoxy groups -OCH3 is 3. The van der Waals surface area contributed by atoms with Gasteiger partial charge in [-0.2, -0.15) is 0 Å². The summed E-state index contributed by atoms with van der Waals surface area (Å²) in [6.07, 6.45) is 1.79. The van der Waals surface area contributed by atoms with Crippen molar-refractivity contribution in [2.45, 2.75) is 18.6 Å². The summed E-state index contributed by atoms with van der Waals surface area (Å²) in [5.74, 6) is 1.28. The number of sulfonamides is 1. The fourth-order valence-corrected chi connectivity index (χ4v) is 4.87. The molecule has 37 heavy (non-hydrogen) atoms. The minimum atomic E-state index is -4.16. The van der Waals surface area contributed by atoms with E-state index in [-0.39, 0.29) is 30.6 Å². The number of benzene rings is 1. The smallest absolute Gasteiger partial charge is 0.243 e. The van der Waals surface area contributed by atoms with Crippen LogP contribution in [0.4, 0.5) is 10.3 Å². The van der Waals surface area contributed by atoms with Crippen LogP contribution in [0.1, 0.15) is 11.6 Å². The van der Waals surface area contributed by atoms with Crippen molar-refractivity contribution in [1.82, 2.24) is 24.7 Å². The van der Waals surface area contributed by atoms with E-state index in [1.807, 2.05) is 0 Å². The Morgan fingerprint density at radius 3 is 2.30 bits per heavy atom. The molecule has 0 aliphatic heterocycles. The van der Waals surface area contributed by atoms with Crippen molar-refractivity contribution in [2.24, 2.45) is 0 Å². The Kier molecular flexibility index (Phi) is 7.69. The van der Waals surface area contributed by atoms with Gasteiger partial charge in [0.05, 0.1) is 33.2 Å². The molecule has 14 heteroatoms. The lowest BCUT2D eigenvalue weighted by Crippen LogP contribution is -2.35. The number of hydrogen-bond donors (Lipinski definition) is 1. The Morgan fingerprint density at radius 2 is 1.73 bits per heavy atom. The Morgan fingerprint density at radius 1 is 1.05 bits per heavy atom. The molecule has 0 aliphatic rings. The first-order valence-electron chi connectivity index (χ1n) is 11.0. The Hall–Kier alpha value is -4.04. The first-order valence-corrected chi connectivity index (χ1v) is 12.5. The second-order valence-corrected chi connectivity index (χ2v) is 9.81. The van der Waals surface area contributed by atoms with Crippen molar-refractivity contribution >= 4 is 16.0 Å². The van der Waals surface area contributed by atoms with Gasteiger partial charge >= 0.3 is 0 Å². The summed E-state index contributed by atoms with van der Waals surface area (Å²) in [5, 5.41) is 7.16. The highest BCUT2D eigenvalue weighted by Gasteiger charge is 2.31. The number of nitrogens with zero attached hydrogens (tertiary/aromatic N) is 5. The molecule has 12 nitrogen and oxygen atoms in total. The summed E-state index contributed by atoms with van der Waals surface area (Å²) >= 11 is 0. The quantitative estimate of drug-likeness (QED) is 0.306. The van der Waals surface area contributed by atoms with E-state index >= 15 is 0 Å². The molecule has 1 atom stereocenters. The molecule has 0 fully saturated rings. The highest BCUT2D eigenvalue weighted by atomic mass is 32.2. The molecule has 0 aliphatic carbocycles. The highest BCUT2D eigenvalue weighted by Crippen LogP contribution is 2.38. The van der Waals surface area contributed by atoms with Crippen molar-refractivity contribution in [1.29, 1.82) is 0 Å². The molecule has 0 saturated carbocycles. The fourth-order valence-electron chi connectivity index (χ4n) is 3.63. The van der Waals surface area contributed by atoms with Crippen molar-refractivity contribution in [2.75, 3.05) is 32.7 Å². The molecule has 3 heterocycles. The molecule has 1 N–H and O–H groups in total. The van der Waals surface area contributed by atoms with Gasteiger partial charge < -0.3 is 18.6 Å². The Bertz CT molecular complexity index is 1450. The Balaban J connectivity index is 1.81. The molecule has 0 bridgehead atoms. The number of rotatable bonds is 11. The van der Waals surface area contributed by atoms with E-state index in [1.165, 1.54) is 25.9 Å². The van der Waals surface area contributed by atoms with E-state index in [1.54, 1.807) is 37.3 Å². The molecule has 0 saturated heterocycles. The fraction of sp³-hybridized carbons (Fsp3) is 0.304. The largest absolute Gasteiger partial charge is 0.494 e. The van der Waals surface area contributed by atoms with Crippen molar-refractivity contribution in [3.8, 4) is 28.8 Å². The average molecular weight is 533 g/mol. The summed E-state index contributed by atoms with van der Waals surface area (Å²) in [6, 6.07) is 8.54. The number of para-hydroxylation sites is 1. The number of halogens is 1. The van der Waals surface area contributed by atoms with E-state index < -0.39 is 21.1 Å². The third-order valence-corrected chi connectivity index (χ3v) is 7.01. The van der Waals surface area contributed by atoms with Crippen LogP contribution >= 0.6 is 0 Å². The monoisotopic (exact) mass is 532 g/mol. The lowest BCUT2D eigenvalue weighted by molar-refractivity contribution is 0.196. The van der Waals surface area contributed by atoms with Crippen molar-refractivity contribution < 1.29 is 31.4 Å². The summed E-state index contributed by atoms with van der Waals surface area (Å²) in [5.41, 5.74) is 0.351. The number of furan rings is 1. The van der Waals surface area contributed by atoms with Crippen LogP contribution < -0.4 is 14.2 Å². The van der Waals surface area contributed by atoms with Gasteiger partial charge in [-0.25, -0.2) is 22.8 Å². The normalized spacial score (nSPS) is 12.4. The number of hydrogen-bond acceptors (Lipinski definition) is 10. The molecule has 0 radical (unpaired) electrons. The van der Waals surface area contributed by atoms with Gasteiger partial charge in [-0.05, 0) is 31.2 Å². The van der Waals surface area contributed by atoms with Gasteiger partial charge in [0, 0.05) is 13.5 Å². The molecule has 1 aromatic carbocycles. The van der Waals surface area contributed by atoms with Gasteiger partial charge in [0.2, 0.25) is 21.8 Å². The van der Waals surface area contributed by atoms with Gasteiger partial charge in [-0.3, -0.25) is 9.29 Å². The van der Waals surface area contributed by atoms with Gasteiger partial charge in [0.25, 0.3) is 0 Å². The summed E-state index contributed by atoms with van der Waals surface area (Å²) in [7, 11) is 0.151. The molecule has 0 spiro atoms. The second-order valence-electron chi connectivity index (χ2n) is 7.85. The standard InChI is InChI=1S/C23H25FN6O6S/c1-14-8-9-19(36-14)22-27-28-23(30(22)21-17(34-3)6-5-7-18(21)35-4)29-37(31,32)16(13-33-2)10-20-25-11-15(24)12-26-20/h5-9,11-12,16H,10,13H2,1-4H3,(H,28,29). The lowest BCUT2D eigenvalue weighted by atomic mass is 10.2. The van der Waals surface area contributed by atoms with Crippen LogP contribution in [-0.2, 0) is 21.2 Å². The van der Waals surface area contributed by atoms with Crippen LogP contribution in [0.3, 0.4) is 0 Å². The minimum Gasteiger partial charge on any atom is -0.494 e. The third kappa shape index (κ3) is 5.54. The molecule has 0 amide bonds. The van der Waals surface area contributed by atoms with Gasteiger partial charge in [0.15, 0.2) is 11.6 Å². The number of aromatic nitrogens is 5. The summed E-state index contributed by atoms with van der Waals surface area (Å²) in [4.78, 5) is 7.73. The van der Waals surface area contributed by atoms with E-state index in [0.717, 1.165) is 12.4 Å². The van der Waals surface area contributed by atoms with Gasteiger partial charge in [0.1, 0.15) is 34.0 Å². The molecular weight excluding hydrogens is 507 g/mol. The average Bonchev–Trinajstić information content (AvgIpc) is 3.49. The molecule has 4 aromatic rings. The van der Waals surface area contributed by atoms with E-state index in [9.17, 15) is 12.8 Å². The van der Waals surface area contributed by atoms with Crippen LogP contribution in [0, 0.1) is 12.7 Å². The maximum Gasteiger partial charge on any atom is 0.243 e. The number of anilines is 1. The first kappa shape index (κ1) is 26.0. The number of ether oxygens (including phenoxy) is 3. The van der Waals surface area contributed by atoms with Crippen LogP contribution in [0.25, 0.3) is 17.3 Å². The summed E-state index contributed by atoms with van der Waals surface area (Å²) < 4.78 is 66.2. The zero-order valence-electron chi connectivity index (χ0n) is 20.5. The zero-order valence-corrected chi connectivity index (χ0v) is 21.3. The van der Waals surface area contributed by atoms with Crippen LogP contribution in [-0.4, -0.2) is 66.3 Å². The van der Waals surface area contributed by atoms with E-state index in [2.05, 4.69) is 24.9 Å².